The van der Waals surface area contributed by atoms with Crippen molar-refractivity contribution < 1.29 is 0 Å². The molecule has 0 unspecified atom stereocenters. The molecule has 19 heavy (non-hydrogen) atoms. The highest BCUT2D eigenvalue weighted by molar-refractivity contribution is 9.10. The maximum atomic E-state index is 12.0. The molecule has 0 aliphatic heterocycles. The Morgan fingerprint density at radius 2 is 2.16 bits per heavy atom. The lowest BCUT2D eigenvalue weighted by molar-refractivity contribution is 0.676. The molecule has 0 fully saturated rings. The number of aromatic nitrogens is 3. The molecule has 0 aromatic carbocycles. The Labute approximate surface area is 119 Å². The Hall–Kier alpha value is -1.69. The van der Waals surface area contributed by atoms with Gasteiger partial charge in [0, 0.05) is 24.6 Å². The highest BCUT2D eigenvalue weighted by Crippen LogP contribution is 2.17. The van der Waals surface area contributed by atoms with Gasteiger partial charge in [-0.3, -0.25) is 9.55 Å². The molecular weight excluding hydrogens is 308 g/mol. The quantitative estimate of drug-likeness (QED) is 0.940. The minimum absolute atomic E-state index is 0.255. The van der Waals surface area contributed by atoms with Gasteiger partial charge in [0.05, 0.1) is 22.4 Å². The molecule has 2 aromatic heterocycles. The van der Waals surface area contributed by atoms with Crippen LogP contribution in [0.15, 0.2) is 27.6 Å². The number of nitrogens with zero attached hydrogens (tertiary/aromatic N) is 3. The summed E-state index contributed by atoms with van der Waals surface area (Å²) in [6.45, 7) is 4.11. The average molecular weight is 323 g/mol. The van der Waals surface area contributed by atoms with Crippen molar-refractivity contribution in [2.45, 2.75) is 20.4 Å². The van der Waals surface area contributed by atoms with Gasteiger partial charge in [-0.2, -0.15) is 4.98 Å². The predicted molar refractivity (Wildman–Crippen MR) is 78.6 cm³/mol. The van der Waals surface area contributed by atoms with Crippen LogP contribution in [0.2, 0.25) is 0 Å². The van der Waals surface area contributed by atoms with E-state index in [1.54, 1.807) is 10.8 Å². The molecule has 0 aliphatic carbocycles. The topological polar surface area (TPSA) is 59.8 Å². The zero-order valence-electron chi connectivity index (χ0n) is 11.1. The Bertz CT molecular complexity index is 666. The van der Waals surface area contributed by atoms with Crippen molar-refractivity contribution in [1.29, 1.82) is 0 Å². The maximum absolute atomic E-state index is 12.0. The highest BCUT2D eigenvalue weighted by atomic mass is 79.9. The van der Waals surface area contributed by atoms with E-state index in [1.165, 1.54) is 0 Å². The van der Waals surface area contributed by atoms with Gasteiger partial charge in [0.25, 0.3) is 0 Å². The van der Waals surface area contributed by atoms with E-state index in [0.29, 0.717) is 12.2 Å². The molecule has 2 aromatic rings. The lowest BCUT2D eigenvalue weighted by Gasteiger charge is -2.12. The van der Waals surface area contributed by atoms with E-state index < -0.39 is 0 Å². The van der Waals surface area contributed by atoms with Crippen LogP contribution in [0.3, 0.4) is 0 Å². The second-order valence-corrected chi connectivity index (χ2v) is 5.04. The van der Waals surface area contributed by atoms with Crippen LogP contribution in [0.25, 0.3) is 0 Å². The summed E-state index contributed by atoms with van der Waals surface area (Å²) in [5.41, 5.74) is 3.09. The first-order chi connectivity index (χ1) is 9.02. The Morgan fingerprint density at radius 1 is 1.42 bits per heavy atom. The summed E-state index contributed by atoms with van der Waals surface area (Å²) in [5.74, 6) is 0. The third kappa shape index (κ3) is 2.84. The molecule has 0 radical (unpaired) electrons. The van der Waals surface area contributed by atoms with E-state index in [0.717, 1.165) is 21.5 Å². The molecule has 100 valence electrons. The van der Waals surface area contributed by atoms with Crippen LogP contribution in [0, 0.1) is 13.8 Å². The molecule has 0 saturated heterocycles. The van der Waals surface area contributed by atoms with E-state index in [-0.39, 0.29) is 5.69 Å². The van der Waals surface area contributed by atoms with Crippen LogP contribution in [-0.2, 0) is 6.54 Å². The van der Waals surface area contributed by atoms with Crippen molar-refractivity contribution in [3.63, 3.8) is 0 Å². The fraction of sp³-hybridized carbons (Fsp3) is 0.308. The molecule has 0 spiro atoms. The van der Waals surface area contributed by atoms with Gasteiger partial charge in [0.15, 0.2) is 0 Å². The first-order valence-corrected chi connectivity index (χ1v) is 6.68. The van der Waals surface area contributed by atoms with E-state index in [9.17, 15) is 4.79 Å². The summed E-state index contributed by atoms with van der Waals surface area (Å²) in [5, 5.41) is 3.05. The molecule has 0 bridgehead atoms. The van der Waals surface area contributed by atoms with Crippen LogP contribution in [0.4, 0.5) is 5.69 Å². The van der Waals surface area contributed by atoms with Gasteiger partial charge in [-0.25, -0.2) is 4.79 Å². The minimum atomic E-state index is -0.255. The summed E-state index contributed by atoms with van der Waals surface area (Å²) in [6, 6.07) is 3.79. The minimum Gasteiger partial charge on any atom is -0.388 e. The number of pyridine rings is 1. The fourth-order valence-corrected chi connectivity index (χ4v) is 2.15. The molecular formula is C13H15BrN4O. The third-order valence-corrected chi connectivity index (χ3v) is 4.11. The number of hydrogen-bond acceptors (Lipinski definition) is 4. The number of aryl methyl sites for hydroxylation is 1. The normalized spacial score (nSPS) is 10.5. The van der Waals surface area contributed by atoms with Gasteiger partial charge < -0.3 is 5.32 Å². The summed E-state index contributed by atoms with van der Waals surface area (Å²) < 4.78 is 2.47. The molecule has 0 aliphatic rings. The van der Waals surface area contributed by atoms with Crippen molar-refractivity contribution in [3.05, 3.63) is 50.4 Å². The van der Waals surface area contributed by atoms with Gasteiger partial charge in [-0.1, -0.05) is 0 Å². The van der Waals surface area contributed by atoms with Gasteiger partial charge in [-0.05, 0) is 41.9 Å². The lowest BCUT2D eigenvalue weighted by atomic mass is 10.3. The second kappa shape index (κ2) is 5.52. The lowest BCUT2D eigenvalue weighted by Crippen LogP contribution is -2.27. The van der Waals surface area contributed by atoms with Crippen molar-refractivity contribution in [1.82, 2.24) is 14.5 Å². The number of hydrogen-bond donors (Lipinski definition) is 1. The van der Waals surface area contributed by atoms with Crippen LogP contribution >= 0.6 is 15.9 Å². The van der Waals surface area contributed by atoms with Gasteiger partial charge >= 0.3 is 5.69 Å². The molecule has 6 heteroatoms. The number of nitrogens with one attached hydrogen (secondary N) is 1. The summed E-state index contributed by atoms with van der Waals surface area (Å²) in [7, 11) is 1.85. The summed E-state index contributed by atoms with van der Waals surface area (Å²) in [4.78, 5) is 20.2. The predicted octanol–water partition coefficient (Wildman–Crippen LogP) is 2.11. The van der Waals surface area contributed by atoms with Crippen LogP contribution in [0.5, 0.6) is 0 Å². The Morgan fingerprint density at radius 3 is 2.84 bits per heavy atom. The highest BCUT2D eigenvalue weighted by Gasteiger charge is 2.10. The smallest absolute Gasteiger partial charge is 0.348 e. The second-order valence-electron chi connectivity index (χ2n) is 4.25. The zero-order chi connectivity index (χ0) is 14.0. The average Bonchev–Trinajstić information content (AvgIpc) is 2.41. The Kier molecular flexibility index (Phi) is 3.99. The van der Waals surface area contributed by atoms with E-state index in [2.05, 4.69) is 31.2 Å². The molecule has 2 rings (SSSR count). The van der Waals surface area contributed by atoms with Crippen LogP contribution < -0.4 is 11.0 Å². The molecule has 0 amide bonds. The van der Waals surface area contributed by atoms with Gasteiger partial charge in [0.1, 0.15) is 0 Å². The van der Waals surface area contributed by atoms with E-state index >= 15 is 0 Å². The maximum Gasteiger partial charge on any atom is 0.348 e. The third-order valence-electron chi connectivity index (χ3n) is 2.96. The largest absolute Gasteiger partial charge is 0.388 e. The monoisotopic (exact) mass is 322 g/mol. The molecule has 5 nitrogen and oxygen atoms in total. The Balaban J connectivity index is 2.43. The fourth-order valence-electron chi connectivity index (χ4n) is 1.85. The summed E-state index contributed by atoms with van der Waals surface area (Å²) >= 11 is 3.45. The standard InChI is InChI=1S/C13H15BrN4O/c1-8-12(14)9(2)18(13(19)17-8)7-11-6-10(15-3)4-5-16-11/h4-6H,7H2,1-3H3,(H,15,16). The van der Waals surface area contributed by atoms with Crippen molar-refractivity contribution in [2.24, 2.45) is 0 Å². The SMILES string of the molecule is CNc1ccnc(Cn2c(C)c(Br)c(C)nc2=O)c1. The molecule has 0 saturated carbocycles. The van der Waals surface area contributed by atoms with Gasteiger partial charge in [-0.15, -0.1) is 0 Å². The molecule has 0 atom stereocenters. The number of anilines is 1. The number of rotatable bonds is 3. The van der Waals surface area contributed by atoms with E-state index in [1.807, 2.05) is 33.0 Å². The van der Waals surface area contributed by atoms with Crippen LogP contribution in [0.1, 0.15) is 17.1 Å². The number of halogens is 1. The first kappa shape index (κ1) is 13.7. The zero-order valence-corrected chi connectivity index (χ0v) is 12.7. The molecule has 1 N–H and O–H groups in total. The van der Waals surface area contributed by atoms with Crippen molar-refractivity contribution in [3.8, 4) is 0 Å². The van der Waals surface area contributed by atoms with Gasteiger partial charge in [0.2, 0.25) is 0 Å². The first-order valence-electron chi connectivity index (χ1n) is 5.89. The van der Waals surface area contributed by atoms with Crippen molar-refractivity contribution >= 4 is 21.6 Å². The van der Waals surface area contributed by atoms with E-state index in [4.69, 9.17) is 0 Å². The van der Waals surface area contributed by atoms with Crippen LogP contribution in [-0.4, -0.2) is 21.6 Å². The summed E-state index contributed by atoms with van der Waals surface area (Å²) in [6.07, 6.45) is 1.72. The molecule has 2 heterocycles. The van der Waals surface area contributed by atoms with Crippen molar-refractivity contribution in [2.75, 3.05) is 12.4 Å².